The normalized spacial score (nSPS) is 17.7. The Hall–Kier alpha value is -1.50. The zero-order valence-electron chi connectivity index (χ0n) is 13.5. The second kappa shape index (κ2) is 8.07. The molecule has 0 heterocycles. The van der Waals surface area contributed by atoms with Crippen LogP contribution in [-0.2, 0) is 11.2 Å². The van der Waals surface area contributed by atoms with E-state index in [-0.39, 0.29) is 0 Å². The Labute approximate surface area is 129 Å². The zero-order chi connectivity index (χ0) is 15.0. The molecule has 0 saturated carbocycles. The molecule has 0 amide bonds. The molecule has 0 N–H and O–H groups in total. The molecule has 21 heavy (non-hydrogen) atoms. The van der Waals surface area contributed by atoms with Gasteiger partial charge < -0.3 is 4.74 Å². The smallest absolute Gasteiger partial charge is 0.0913 e. The van der Waals surface area contributed by atoms with E-state index in [2.05, 4.69) is 50.3 Å². The first kappa shape index (κ1) is 15.9. The first-order chi connectivity index (χ1) is 10.2. The highest BCUT2D eigenvalue weighted by atomic mass is 16.5. The summed E-state index contributed by atoms with van der Waals surface area (Å²) in [6, 6.07) is 10.5. The summed E-state index contributed by atoms with van der Waals surface area (Å²) in [6.07, 6.45) is 13.6. The number of hydrogen-bond acceptors (Lipinski definition) is 1. The van der Waals surface area contributed by atoms with Crippen LogP contribution in [0.15, 0.2) is 54.3 Å². The molecule has 0 radical (unpaired) electrons. The van der Waals surface area contributed by atoms with Crippen LogP contribution in [0.5, 0.6) is 0 Å². The third-order valence-electron chi connectivity index (χ3n) is 4.24. The van der Waals surface area contributed by atoms with Gasteiger partial charge in [0.25, 0.3) is 0 Å². The zero-order valence-corrected chi connectivity index (χ0v) is 13.5. The molecule has 1 heteroatoms. The summed E-state index contributed by atoms with van der Waals surface area (Å²) in [5, 5.41) is 0. The van der Waals surface area contributed by atoms with E-state index in [4.69, 9.17) is 4.74 Å². The molecule has 1 aliphatic rings. The van der Waals surface area contributed by atoms with Crippen LogP contribution >= 0.6 is 0 Å². The van der Waals surface area contributed by atoms with Crippen molar-refractivity contribution in [2.45, 2.75) is 52.4 Å². The maximum Gasteiger partial charge on any atom is 0.0913 e. The summed E-state index contributed by atoms with van der Waals surface area (Å²) < 4.78 is 5.56. The maximum atomic E-state index is 5.56. The van der Waals surface area contributed by atoms with Crippen LogP contribution in [0.2, 0.25) is 0 Å². The Morgan fingerprint density at radius 2 is 1.95 bits per heavy atom. The van der Waals surface area contributed by atoms with E-state index in [1.165, 1.54) is 31.2 Å². The van der Waals surface area contributed by atoms with Crippen LogP contribution in [0.1, 0.15) is 51.5 Å². The molecule has 0 atom stereocenters. The van der Waals surface area contributed by atoms with Gasteiger partial charge in [-0.05, 0) is 49.2 Å². The SMILES string of the molecule is CC1(C)CC=C(CCC=COCCc2ccccc2)CC1. The van der Waals surface area contributed by atoms with Crippen molar-refractivity contribution in [3.63, 3.8) is 0 Å². The largest absolute Gasteiger partial charge is 0.501 e. The van der Waals surface area contributed by atoms with Gasteiger partial charge in [0.05, 0.1) is 12.9 Å². The topological polar surface area (TPSA) is 9.23 Å². The van der Waals surface area contributed by atoms with Crippen LogP contribution in [0.3, 0.4) is 0 Å². The van der Waals surface area contributed by atoms with Crippen LogP contribution in [0.4, 0.5) is 0 Å². The fourth-order valence-electron chi connectivity index (χ4n) is 2.65. The summed E-state index contributed by atoms with van der Waals surface area (Å²) in [5.41, 5.74) is 3.48. The van der Waals surface area contributed by atoms with Crippen LogP contribution < -0.4 is 0 Å². The number of ether oxygens (including phenoxy) is 1. The Morgan fingerprint density at radius 3 is 2.67 bits per heavy atom. The molecule has 2 rings (SSSR count). The maximum absolute atomic E-state index is 5.56. The van der Waals surface area contributed by atoms with Gasteiger partial charge in [-0.15, -0.1) is 0 Å². The molecular weight excluding hydrogens is 256 g/mol. The summed E-state index contributed by atoms with van der Waals surface area (Å²) in [4.78, 5) is 0. The standard InChI is InChI=1S/C20H28O/c1-20(2)14-11-19(12-15-20)10-6-7-16-21-17-13-18-8-4-3-5-9-18/h3-5,7-9,11,16H,6,10,12-15,17H2,1-2H3. The fraction of sp³-hybridized carbons (Fsp3) is 0.500. The van der Waals surface area contributed by atoms with Gasteiger partial charge in [0.1, 0.15) is 0 Å². The van der Waals surface area contributed by atoms with Crippen LogP contribution in [0, 0.1) is 5.41 Å². The second-order valence-corrected chi connectivity index (χ2v) is 6.75. The van der Waals surface area contributed by atoms with Crippen LogP contribution in [-0.4, -0.2) is 6.61 Å². The van der Waals surface area contributed by atoms with E-state index in [1.807, 2.05) is 12.3 Å². The van der Waals surface area contributed by atoms with Crippen molar-refractivity contribution in [3.05, 3.63) is 59.9 Å². The van der Waals surface area contributed by atoms with Gasteiger partial charge in [0.15, 0.2) is 0 Å². The van der Waals surface area contributed by atoms with Gasteiger partial charge in [0, 0.05) is 6.42 Å². The van der Waals surface area contributed by atoms with E-state index >= 15 is 0 Å². The monoisotopic (exact) mass is 284 g/mol. The Morgan fingerprint density at radius 1 is 1.14 bits per heavy atom. The van der Waals surface area contributed by atoms with E-state index in [1.54, 1.807) is 5.57 Å². The number of benzene rings is 1. The lowest BCUT2D eigenvalue weighted by Crippen LogP contribution is -2.14. The van der Waals surface area contributed by atoms with Crippen molar-refractivity contribution < 1.29 is 4.74 Å². The van der Waals surface area contributed by atoms with Gasteiger partial charge in [-0.25, -0.2) is 0 Å². The molecule has 0 spiro atoms. The molecule has 0 bridgehead atoms. The van der Waals surface area contributed by atoms with E-state index in [9.17, 15) is 0 Å². The van der Waals surface area contributed by atoms with Gasteiger partial charge in [0.2, 0.25) is 0 Å². The van der Waals surface area contributed by atoms with Crippen molar-refractivity contribution in [1.82, 2.24) is 0 Å². The minimum atomic E-state index is 0.514. The lowest BCUT2D eigenvalue weighted by Gasteiger charge is -2.28. The molecule has 1 aliphatic carbocycles. The number of hydrogen-bond donors (Lipinski definition) is 0. The van der Waals surface area contributed by atoms with Crippen molar-refractivity contribution >= 4 is 0 Å². The summed E-state index contributed by atoms with van der Waals surface area (Å²) in [6.45, 7) is 5.49. The van der Waals surface area contributed by atoms with Crippen molar-refractivity contribution in [2.75, 3.05) is 6.61 Å². The predicted octanol–water partition coefficient (Wildman–Crippen LogP) is 5.68. The second-order valence-electron chi connectivity index (χ2n) is 6.75. The van der Waals surface area contributed by atoms with Gasteiger partial charge in [-0.1, -0.05) is 55.8 Å². The molecule has 0 aliphatic heterocycles. The molecule has 1 aromatic carbocycles. The highest BCUT2D eigenvalue weighted by Crippen LogP contribution is 2.35. The van der Waals surface area contributed by atoms with Crippen molar-refractivity contribution in [2.24, 2.45) is 5.41 Å². The summed E-state index contributed by atoms with van der Waals surface area (Å²) in [5.74, 6) is 0. The summed E-state index contributed by atoms with van der Waals surface area (Å²) >= 11 is 0. The van der Waals surface area contributed by atoms with E-state index in [0.29, 0.717) is 5.41 Å². The average Bonchev–Trinajstić information content (AvgIpc) is 2.49. The van der Waals surface area contributed by atoms with Gasteiger partial charge >= 0.3 is 0 Å². The average molecular weight is 284 g/mol. The fourth-order valence-corrected chi connectivity index (χ4v) is 2.65. The minimum absolute atomic E-state index is 0.514. The van der Waals surface area contributed by atoms with E-state index in [0.717, 1.165) is 19.4 Å². The highest BCUT2D eigenvalue weighted by Gasteiger charge is 2.20. The number of allylic oxidation sites excluding steroid dienone is 3. The molecule has 0 fully saturated rings. The van der Waals surface area contributed by atoms with Gasteiger partial charge in [-0.2, -0.15) is 0 Å². The lowest BCUT2D eigenvalue weighted by molar-refractivity contribution is 0.252. The third-order valence-corrected chi connectivity index (χ3v) is 4.24. The Bertz CT molecular complexity index is 468. The molecular formula is C20H28O. The Kier molecular flexibility index (Phi) is 6.10. The molecule has 1 nitrogen and oxygen atoms in total. The quantitative estimate of drug-likeness (QED) is 0.356. The molecule has 0 aromatic heterocycles. The minimum Gasteiger partial charge on any atom is -0.501 e. The van der Waals surface area contributed by atoms with Crippen molar-refractivity contribution in [1.29, 1.82) is 0 Å². The first-order valence-electron chi connectivity index (χ1n) is 8.14. The summed E-state index contributed by atoms with van der Waals surface area (Å²) in [7, 11) is 0. The van der Waals surface area contributed by atoms with E-state index < -0.39 is 0 Å². The molecule has 0 saturated heterocycles. The molecule has 1 aromatic rings. The van der Waals surface area contributed by atoms with Crippen LogP contribution in [0.25, 0.3) is 0 Å². The predicted molar refractivity (Wildman–Crippen MR) is 90.2 cm³/mol. The van der Waals surface area contributed by atoms with Crippen molar-refractivity contribution in [3.8, 4) is 0 Å². The molecule has 0 unspecified atom stereocenters. The first-order valence-corrected chi connectivity index (χ1v) is 8.14. The van der Waals surface area contributed by atoms with Gasteiger partial charge in [-0.3, -0.25) is 0 Å². The highest BCUT2D eigenvalue weighted by molar-refractivity contribution is 5.14. The number of rotatable bonds is 7. The Balaban J connectivity index is 1.56. The lowest BCUT2D eigenvalue weighted by atomic mass is 9.77. The third kappa shape index (κ3) is 6.20. The molecule has 114 valence electrons.